The van der Waals surface area contributed by atoms with Crippen LogP contribution in [0.15, 0.2) is 12.1 Å². The summed E-state index contributed by atoms with van der Waals surface area (Å²) in [5.41, 5.74) is 7.62. The summed E-state index contributed by atoms with van der Waals surface area (Å²) in [6, 6.07) is 3.61. The van der Waals surface area contributed by atoms with E-state index in [1.54, 1.807) is 4.90 Å². The highest BCUT2D eigenvalue weighted by molar-refractivity contribution is 6.32. The number of hydrazine groups is 1. The number of hydrogen-bond donors (Lipinski definition) is 3. The highest BCUT2D eigenvalue weighted by Crippen LogP contribution is 2.45. The zero-order valence-corrected chi connectivity index (χ0v) is 17.1. The van der Waals surface area contributed by atoms with Crippen LogP contribution in [0.3, 0.4) is 0 Å². The Labute approximate surface area is 175 Å². The summed E-state index contributed by atoms with van der Waals surface area (Å²) in [5, 5.41) is 2.88. The lowest BCUT2D eigenvalue weighted by molar-refractivity contribution is -0.118. The lowest BCUT2D eigenvalue weighted by atomic mass is 10.1. The average molecular weight is 423 g/mol. The molecule has 1 aromatic rings. The molecule has 1 saturated heterocycles. The van der Waals surface area contributed by atoms with Crippen LogP contribution in [0.2, 0.25) is 5.02 Å². The third-order valence-electron chi connectivity index (χ3n) is 5.40. The van der Waals surface area contributed by atoms with Crippen LogP contribution in [-0.2, 0) is 4.79 Å². The van der Waals surface area contributed by atoms with E-state index in [1.165, 1.54) is 12.8 Å². The molecule has 1 aromatic carbocycles. The Bertz CT molecular complexity index is 771. The van der Waals surface area contributed by atoms with Gasteiger partial charge in [-0.1, -0.05) is 24.1 Å². The summed E-state index contributed by atoms with van der Waals surface area (Å²) in [5.74, 6) is 1.84. The summed E-state index contributed by atoms with van der Waals surface area (Å²) in [6.07, 6.45) is 5.26. The van der Waals surface area contributed by atoms with Crippen molar-refractivity contribution in [1.82, 2.24) is 21.1 Å². The van der Waals surface area contributed by atoms with Gasteiger partial charge in [-0.15, -0.1) is 0 Å². The number of unbranched alkanes of at least 4 members (excludes halogenated alkanes) is 2. The Kier molecular flexibility index (Phi) is 6.42. The Morgan fingerprint density at radius 2 is 2.10 bits per heavy atom. The van der Waals surface area contributed by atoms with Gasteiger partial charge in [0.15, 0.2) is 11.5 Å². The van der Waals surface area contributed by atoms with Gasteiger partial charge in [0, 0.05) is 18.7 Å². The van der Waals surface area contributed by atoms with Crippen molar-refractivity contribution in [2.45, 2.75) is 38.1 Å². The monoisotopic (exact) mass is 422 g/mol. The molecule has 4 rings (SSSR count). The molecule has 1 aliphatic carbocycles. The van der Waals surface area contributed by atoms with Crippen molar-refractivity contribution in [3.05, 3.63) is 22.7 Å². The number of amides is 3. The minimum atomic E-state index is -0.282. The third kappa shape index (κ3) is 5.12. The fourth-order valence-corrected chi connectivity index (χ4v) is 3.73. The van der Waals surface area contributed by atoms with E-state index < -0.39 is 0 Å². The number of carbonyl (C=O) groups is 2. The fraction of sp³-hybridized carbons (Fsp3) is 0.600. The van der Waals surface area contributed by atoms with Gasteiger partial charge < -0.3 is 14.4 Å². The number of benzene rings is 1. The molecule has 0 bridgehead atoms. The minimum Gasteiger partial charge on any atom is -0.488 e. The van der Waals surface area contributed by atoms with Gasteiger partial charge in [-0.25, -0.2) is 10.2 Å². The van der Waals surface area contributed by atoms with Crippen LogP contribution in [0.4, 0.5) is 4.79 Å². The van der Waals surface area contributed by atoms with E-state index >= 15 is 0 Å². The highest BCUT2D eigenvalue weighted by Gasteiger charge is 2.30. The fourth-order valence-electron chi connectivity index (χ4n) is 3.53. The zero-order valence-electron chi connectivity index (χ0n) is 16.3. The van der Waals surface area contributed by atoms with E-state index in [0.29, 0.717) is 36.4 Å². The molecule has 158 valence electrons. The molecule has 1 atom stereocenters. The number of nitrogens with zero attached hydrogens (tertiary/aromatic N) is 1. The number of halogens is 1. The summed E-state index contributed by atoms with van der Waals surface area (Å²) in [6.45, 7) is 2.81. The van der Waals surface area contributed by atoms with E-state index in [0.717, 1.165) is 37.1 Å². The van der Waals surface area contributed by atoms with Crippen molar-refractivity contribution < 1.29 is 19.1 Å². The van der Waals surface area contributed by atoms with E-state index in [-0.39, 0.29) is 24.5 Å². The molecule has 2 aliphatic heterocycles. The normalized spacial score (nSPS) is 20.6. The second kappa shape index (κ2) is 9.19. The first-order valence-corrected chi connectivity index (χ1v) is 10.6. The van der Waals surface area contributed by atoms with Crippen LogP contribution in [0.1, 0.15) is 43.7 Å². The largest absolute Gasteiger partial charge is 0.488 e. The number of urea groups is 1. The van der Waals surface area contributed by atoms with Crippen molar-refractivity contribution >= 4 is 23.5 Å². The first-order valence-electron chi connectivity index (χ1n) is 10.3. The molecular weight excluding hydrogens is 396 g/mol. The van der Waals surface area contributed by atoms with Crippen molar-refractivity contribution in [2.75, 3.05) is 32.8 Å². The van der Waals surface area contributed by atoms with Gasteiger partial charge in [0.05, 0.1) is 17.7 Å². The molecule has 9 heteroatoms. The quantitative estimate of drug-likeness (QED) is 0.288. The number of ether oxygens (including phenoxy) is 2. The number of carbonyl (C=O) groups excluding carboxylic acids is 2. The number of rotatable bonds is 11. The Hall–Kier alpha value is -2.03. The SMILES string of the molecule is O=C1CN(CCCCCNNC2COc3c2ccc(Cl)c3OCC2CC2)C(=O)N1. The standard InChI is InChI=1S/C20H27ClN4O4/c21-15-7-6-14-16(12-29-18(14)19(15)28-11-13-4-5-13)24-22-8-2-1-3-9-25-10-17(26)23-20(25)27/h6-7,13,16,22,24H,1-5,8-12H2,(H,23,26,27). The van der Waals surface area contributed by atoms with Gasteiger partial charge in [-0.3, -0.25) is 15.5 Å². The zero-order chi connectivity index (χ0) is 20.2. The Balaban J connectivity index is 1.16. The summed E-state index contributed by atoms with van der Waals surface area (Å²) in [4.78, 5) is 24.2. The summed E-state index contributed by atoms with van der Waals surface area (Å²) < 4.78 is 11.8. The molecule has 0 spiro atoms. The van der Waals surface area contributed by atoms with Crippen LogP contribution in [-0.4, -0.2) is 49.7 Å². The predicted octanol–water partition coefficient (Wildman–Crippen LogP) is 2.38. The molecule has 8 nitrogen and oxygen atoms in total. The Morgan fingerprint density at radius 3 is 2.86 bits per heavy atom. The maximum Gasteiger partial charge on any atom is 0.324 e. The third-order valence-corrected chi connectivity index (χ3v) is 5.70. The van der Waals surface area contributed by atoms with Crippen LogP contribution >= 0.6 is 11.6 Å². The van der Waals surface area contributed by atoms with E-state index in [9.17, 15) is 9.59 Å². The lowest BCUT2D eigenvalue weighted by Crippen LogP contribution is -2.36. The molecule has 3 amide bonds. The summed E-state index contributed by atoms with van der Waals surface area (Å²) >= 11 is 6.31. The van der Waals surface area contributed by atoms with Gasteiger partial charge in [0.25, 0.3) is 0 Å². The molecule has 0 aromatic heterocycles. The van der Waals surface area contributed by atoms with E-state index in [2.05, 4.69) is 16.2 Å². The summed E-state index contributed by atoms with van der Waals surface area (Å²) in [7, 11) is 0. The van der Waals surface area contributed by atoms with Crippen molar-refractivity contribution in [3.63, 3.8) is 0 Å². The molecule has 2 heterocycles. The Morgan fingerprint density at radius 1 is 1.24 bits per heavy atom. The van der Waals surface area contributed by atoms with Crippen molar-refractivity contribution in [3.8, 4) is 11.5 Å². The van der Waals surface area contributed by atoms with Gasteiger partial charge >= 0.3 is 6.03 Å². The first-order chi connectivity index (χ1) is 14.1. The second-order valence-corrected chi connectivity index (χ2v) is 8.23. The highest BCUT2D eigenvalue weighted by atomic mass is 35.5. The van der Waals surface area contributed by atoms with Crippen LogP contribution in [0, 0.1) is 5.92 Å². The maximum atomic E-state index is 11.5. The molecule has 3 aliphatic rings. The first kappa shape index (κ1) is 20.3. The van der Waals surface area contributed by atoms with Crippen LogP contribution in [0.25, 0.3) is 0 Å². The topological polar surface area (TPSA) is 91.9 Å². The second-order valence-electron chi connectivity index (χ2n) is 7.82. The molecule has 29 heavy (non-hydrogen) atoms. The van der Waals surface area contributed by atoms with Gasteiger partial charge in [0.2, 0.25) is 5.91 Å². The van der Waals surface area contributed by atoms with Crippen LogP contribution in [0.5, 0.6) is 11.5 Å². The number of imide groups is 1. The number of fused-ring (bicyclic) bond motifs is 1. The van der Waals surface area contributed by atoms with E-state index in [4.69, 9.17) is 21.1 Å². The molecular formula is C20H27ClN4O4. The maximum absolute atomic E-state index is 11.5. The average Bonchev–Trinajstić information content (AvgIpc) is 3.35. The van der Waals surface area contributed by atoms with Gasteiger partial charge in [0.1, 0.15) is 13.2 Å². The molecule has 3 N–H and O–H groups in total. The number of nitrogens with one attached hydrogen (secondary N) is 3. The van der Waals surface area contributed by atoms with Gasteiger partial charge in [-0.05, 0) is 37.7 Å². The van der Waals surface area contributed by atoms with Crippen molar-refractivity contribution in [2.24, 2.45) is 5.92 Å². The molecule has 1 unspecified atom stereocenters. The van der Waals surface area contributed by atoms with E-state index in [1.807, 2.05) is 12.1 Å². The van der Waals surface area contributed by atoms with Crippen molar-refractivity contribution in [1.29, 1.82) is 0 Å². The number of hydrogen-bond acceptors (Lipinski definition) is 6. The lowest BCUT2D eigenvalue weighted by Gasteiger charge is -2.15. The van der Waals surface area contributed by atoms with Gasteiger partial charge in [-0.2, -0.15) is 0 Å². The molecule has 1 saturated carbocycles. The molecule has 2 fully saturated rings. The predicted molar refractivity (Wildman–Crippen MR) is 108 cm³/mol. The van der Waals surface area contributed by atoms with Crippen LogP contribution < -0.4 is 25.6 Å². The smallest absolute Gasteiger partial charge is 0.324 e. The molecule has 0 radical (unpaired) electrons. The minimum absolute atomic E-state index is 0.0462.